The van der Waals surface area contributed by atoms with Gasteiger partial charge >= 0.3 is 5.97 Å². The van der Waals surface area contributed by atoms with Gasteiger partial charge in [0, 0.05) is 11.1 Å². The molecular formula is C10H11ClN2O6S. The number of nitro groups is 1. The molecule has 1 aromatic rings. The summed E-state index contributed by atoms with van der Waals surface area (Å²) in [5.41, 5.74) is -0.333. The van der Waals surface area contributed by atoms with Crippen LogP contribution in [0.5, 0.6) is 0 Å². The van der Waals surface area contributed by atoms with Crippen LogP contribution in [0.15, 0.2) is 17.0 Å². The van der Waals surface area contributed by atoms with E-state index >= 15 is 0 Å². The number of benzene rings is 1. The topological polar surface area (TPSA) is 127 Å². The van der Waals surface area contributed by atoms with Crippen molar-refractivity contribution in [2.75, 3.05) is 0 Å². The van der Waals surface area contributed by atoms with Crippen molar-refractivity contribution in [2.24, 2.45) is 0 Å². The van der Waals surface area contributed by atoms with Gasteiger partial charge in [0.15, 0.2) is 4.90 Å². The van der Waals surface area contributed by atoms with Crippen molar-refractivity contribution in [3.8, 4) is 0 Å². The molecule has 1 aromatic carbocycles. The normalized spacial score (nSPS) is 12.9. The smallest absolute Gasteiger partial charge is 0.321 e. The molecule has 2 N–H and O–H groups in total. The molecule has 0 aliphatic carbocycles. The van der Waals surface area contributed by atoms with Crippen LogP contribution in [0.2, 0.25) is 5.02 Å². The van der Waals surface area contributed by atoms with E-state index in [9.17, 15) is 23.3 Å². The van der Waals surface area contributed by atoms with Gasteiger partial charge < -0.3 is 5.11 Å². The molecule has 0 aliphatic heterocycles. The molecule has 0 fully saturated rings. The van der Waals surface area contributed by atoms with Crippen molar-refractivity contribution >= 4 is 33.3 Å². The molecule has 0 amide bonds. The van der Waals surface area contributed by atoms with Crippen LogP contribution in [-0.4, -0.2) is 30.5 Å². The van der Waals surface area contributed by atoms with Crippen molar-refractivity contribution in [2.45, 2.75) is 24.8 Å². The van der Waals surface area contributed by atoms with Crippen LogP contribution in [0.4, 0.5) is 5.69 Å². The maximum absolute atomic E-state index is 12.0. The Morgan fingerprint density at radius 3 is 2.50 bits per heavy atom. The number of carbonyl (C=O) groups is 1. The summed E-state index contributed by atoms with van der Waals surface area (Å²) in [6, 6.07) is 0.508. The van der Waals surface area contributed by atoms with Crippen molar-refractivity contribution in [1.29, 1.82) is 0 Å². The fourth-order valence-corrected chi connectivity index (χ4v) is 2.96. The molecule has 0 spiro atoms. The van der Waals surface area contributed by atoms with Crippen LogP contribution < -0.4 is 4.72 Å². The second kappa shape index (κ2) is 5.73. The third kappa shape index (κ3) is 3.44. The monoisotopic (exact) mass is 322 g/mol. The number of nitrogens with one attached hydrogen (secondary N) is 1. The van der Waals surface area contributed by atoms with Crippen molar-refractivity contribution in [1.82, 2.24) is 4.72 Å². The number of carboxylic acids is 1. The summed E-state index contributed by atoms with van der Waals surface area (Å²) in [6.45, 7) is 2.58. The third-order valence-corrected chi connectivity index (χ3v) is 4.41. The van der Waals surface area contributed by atoms with Gasteiger partial charge in [-0.05, 0) is 25.5 Å². The molecule has 0 bridgehead atoms. The molecule has 1 rings (SSSR count). The van der Waals surface area contributed by atoms with E-state index in [0.717, 1.165) is 19.1 Å². The van der Waals surface area contributed by atoms with E-state index in [1.165, 1.54) is 6.92 Å². The minimum Gasteiger partial charge on any atom is -0.480 e. The Kier molecular flexibility index (Phi) is 4.69. The lowest BCUT2D eigenvalue weighted by Gasteiger charge is -2.11. The number of aryl methyl sites for hydroxylation is 1. The van der Waals surface area contributed by atoms with Crippen LogP contribution in [0.25, 0.3) is 0 Å². The number of nitrogens with zero attached hydrogens (tertiary/aromatic N) is 1. The molecule has 0 saturated heterocycles. The van der Waals surface area contributed by atoms with Gasteiger partial charge in [-0.2, -0.15) is 4.72 Å². The van der Waals surface area contributed by atoms with Crippen LogP contribution in [0.1, 0.15) is 12.5 Å². The molecule has 10 heteroatoms. The van der Waals surface area contributed by atoms with E-state index in [2.05, 4.69) is 0 Å². The van der Waals surface area contributed by atoms with Crippen LogP contribution in [0.3, 0.4) is 0 Å². The number of rotatable bonds is 5. The van der Waals surface area contributed by atoms with Crippen molar-refractivity contribution in [3.05, 3.63) is 32.8 Å². The lowest BCUT2D eigenvalue weighted by molar-refractivity contribution is -0.387. The molecule has 8 nitrogen and oxygen atoms in total. The Hall–Kier alpha value is -1.71. The first kappa shape index (κ1) is 16.3. The van der Waals surface area contributed by atoms with Crippen LogP contribution >= 0.6 is 11.6 Å². The average molecular weight is 323 g/mol. The molecule has 0 radical (unpaired) electrons. The zero-order valence-electron chi connectivity index (χ0n) is 10.5. The van der Waals surface area contributed by atoms with Gasteiger partial charge in [-0.3, -0.25) is 14.9 Å². The number of hydrogen-bond donors (Lipinski definition) is 2. The Morgan fingerprint density at radius 2 is 2.05 bits per heavy atom. The highest BCUT2D eigenvalue weighted by Gasteiger charge is 2.29. The SMILES string of the molecule is Cc1cc([N+](=O)[O-])c(S(=O)(=O)N[C@H](C)C(=O)O)cc1Cl. The number of sulfonamides is 1. The summed E-state index contributed by atoms with van der Waals surface area (Å²) in [5.74, 6) is -1.41. The molecule has 20 heavy (non-hydrogen) atoms. The minimum atomic E-state index is -4.38. The summed E-state index contributed by atoms with van der Waals surface area (Å²) < 4.78 is 25.8. The zero-order chi connectivity index (χ0) is 15.7. The van der Waals surface area contributed by atoms with Crippen LogP contribution in [0, 0.1) is 17.0 Å². The first-order valence-corrected chi connectivity index (χ1v) is 7.12. The highest BCUT2D eigenvalue weighted by molar-refractivity contribution is 7.89. The number of halogens is 1. The standard InChI is InChI=1S/C10H11ClN2O6S/c1-5-3-8(13(16)17)9(4-7(5)11)20(18,19)12-6(2)10(14)15/h3-4,6,12H,1-2H3,(H,14,15)/t6-/m1/s1. The lowest BCUT2D eigenvalue weighted by atomic mass is 10.2. The average Bonchev–Trinajstić information content (AvgIpc) is 2.30. The summed E-state index contributed by atoms with van der Waals surface area (Å²) in [6.07, 6.45) is 0. The molecule has 0 heterocycles. The molecule has 0 saturated carbocycles. The summed E-state index contributed by atoms with van der Waals surface area (Å²) >= 11 is 5.76. The van der Waals surface area contributed by atoms with Gasteiger partial charge in [0.1, 0.15) is 6.04 Å². The van der Waals surface area contributed by atoms with Gasteiger partial charge in [-0.1, -0.05) is 11.6 Å². The largest absolute Gasteiger partial charge is 0.480 e. The predicted molar refractivity (Wildman–Crippen MR) is 70.3 cm³/mol. The summed E-state index contributed by atoms with van der Waals surface area (Å²) in [7, 11) is -4.38. The molecule has 1 atom stereocenters. The molecule has 110 valence electrons. The van der Waals surface area contributed by atoms with Gasteiger partial charge in [0.2, 0.25) is 10.0 Å². The van der Waals surface area contributed by atoms with Gasteiger partial charge in [-0.25, -0.2) is 8.42 Å². The van der Waals surface area contributed by atoms with E-state index in [1.807, 2.05) is 4.72 Å². The Balaban J connectivity index is 3.41. The fraction of sp³-hybridized carbons (Fsp3) is 0.300. The van der Waals surface area contributed by atoms with Crippen molar-refractivity contribution in [3.63, 3.8) is 0 Å². The number of carboxylic acid groups (broad SMARTS) is 1. The number of nitro benzene ring substituents is 1. The fourth-order valence-electron chi connectivity index (χ4n) is 1.35. The van der Waals surface area contributed by atoms with Gasteiger partial charge in [0.05, 0.1) is 4.92 Å². The quantitative estimate of drug-likeness (QED) is 0.621. The third-order valence-electron chi connectivity index (χ3n) is 2.43. The van der Waals surface area contributed by atoms with E-state index in [-0.39, 0.29) is 5.02 Å². The molecule has 0 aliphatic rings. The van der Waals surface area contributed by atoms with Gasteiger partial charge in [0.25, 0.3) is 5.69 Å². The van der Waals surface area contributed by atoms with E-state index in [4.69, 9.17) is 16.7 Å². The first-order chi connectivity index (χ1) is 9.06. The number of hydrogen-bond acceptors (Lipinski definition) is 5. The summed E-state index contributed by atoms with van der Waals surface area (Å²) in [4.78, 5) is 20.0. The Morgan fingerprint density at radius 1 is 1.50 bits per heavy atom. The van der Waals surface area contributed by atoms with E-state index in [0.29, 0.717) is 5.56 Å². The molecular weight excluding hydrogens is 312 g/mol. The minimum absolute atomic E-state index is 0.0268. The maximum Gasteiger partial charge on any atom is 0.321 e. The predicted octanol–water partition coefficient (Wildman–Crippen LogP) is 1.31. The molecule has 0 aromatic heterocycles. The zero-order valence-corrected chi connectivity index (χ0v) is 12.0. The summed E-state index contributed by atoms with van der Waals surface area (Å²) in [5, 5.41) is 19.6. The molecule has 0 unspecified atom stereocenters. The second-order valence-corrected chi connectivity index (χ2v) is 6.10. The Bertz CT molecular complexity index is 673. The highest BCUT2D eigenvalue weighted by Crippen LogP contribution is 2.30. The number of aliphatic carboxylic acids is 1. The van der Waals surface area contributed by atoms with E-state index < -0.39 is 37.5 Å². The van der Waals surface area contributed by atoms with Gasteiger partial charge in [-0.15, -0.1) is 0 Å². The van der Waals surface area contributed by atoms with E-state index in [1.54, 1.807) is 0 Å². The first-order valence-electron chi connectivity index (χ1n) is 5.26. The second-order valence-electron chi connectivity index (χ2n) is 4.01. The van der Waals surface area contributed by atoms with Crippen LogP contribution in [-0.2, 0) is 14.8 Å². The maximum atomic E-state index is 12.0. The van der Waals surface area contributed by atoms with Crippen molar-refractivity contribution < 1.29 is 23.2 Å². The highest BCUT2D eigenvalue weighted by atomic mass is 35.5. The lowest BCUT2D eigenvalue weighted by Crippen LogP contribution is -2.38. The Labute approximate surface area is 119 Å².